The molecule has 10 nitrogen and oxygen atoms in total. The van der Waals surface area contributed by atoms with E-state index in [0.717, 1.165) is 67.0 Å². The molecule has 0 aliphatic carbocycles. The SMILES string of the molecule is O=C(OCc1ccccc1)N1CCN2C(=O)N(CCCCN3CCN(c4nsc5cc(F)ccc45)CC3)C(=O)C[C@@H]2C1. The van der Waals surface area contributed by atoms with Crippen molar-refractivity contribution >= 4 is 45.5 Å². The molecule has 2 aromatic carbocycles. The number of hydrogen-bond donors (Lipinski definition) is 0. The lowest BCUT2D eigenvalue weighted by Crippen LogP contribution is -2.64. The van der Waals surface area contributed by atoms with Gasteiger partial charge in [-0.05, 0) is 54.7 Å². The zero-order valence-electron chi connectivity index (χ0n) is 23.5. The number of unbranched alkanes of at least 4 members (excludes halogenated alkanes) is 1. The fourth-order valence-corrected chi connectivity index (χ4v) is 6.79. The van der Waals surface area contributed by atoms with Crippen molar-refractivity contribution in [2.24, 2.45) is 0 Å². The van der Waals surface area contributed by atoms with Gasteiger partial charge in [0.25, 0.3) is 0 Å². The molecule has 1 aromatic heterocycles. The number of hydrogen-bond acceptors (Lipinski definition) is 8. The summed E-state index contributed by atoms with van der Waals surface area (Å²) in [6.45, 7) is 6.10. The quantitative estimate of drug-likeness (QED) is 0.364. The Hall–Kier alpha value is -3.77. The molecule has 3 fully saturated rings. The van der Waals surface area contributed by atoms with Gasteiger partial charge in [0.15, 0.2) is 0 Å². The molecular weight excluding hydrogens is 559 g/mol. The van der Waals surface area contributed by atoms with Crippen molar-refractivity contribution in [2.75, 3.05) is 63.8 Å². The van der Waals surface area contributed by atoms with E-state index in [1.54, 1.807) is 9.80 Å². The first-order chi connectivity index (χ1) is 20.5. The molecule has 3 saturated heterocycles. The molecule has 222 valence electrons. The second kappa shape index (κ2) is 12.6. The van der Waals surface area contributed by atoms with Gasteiger partial charge in [0, 0.05) is 64.2 Å². The van der Waals surface area contributed by atoms with Crippen LogP contribution in [0.5, 0.6) is 0 Å². The molecule has 1 atom stereocenters. The fraction of sp³-hybridized carbons (Fsp3) is 0.467. The predicted octanol–water partition coefficient (Wildman–Crippen LogP) is 4.01. The third kappa shape index (κ3) is 6.19. The van der Waals surface area contributed by atoms with Gasteiger partial charge < -0.3 is 19.4 Å². The number of anilines is 1. The summed E-state index contributed by atoms with van der Waals surface area (Å²) < 4.78 is 24.4. The van der Waals surface area contributed by atoms with Gasteiger partial charge in [-0.1, -0.05) is 30.3 Å². The first-order valence-corrected chi connectivity index (χ1v) is 15.3. The van der Waals surface area contributed by atoms with Crippen LogP contribution in [0.4, 0.5) is 19.8 Å². The molecule has 3 aliphatic heterocycles. The highest BCUT2D eigenvalue weighted by Crippen LogP contribution is 2.31. The monoisotopic (exact) mass is 594 g/mol. The number of aromatic nitrogens is 1. The number of nitrogens with zero attached hydrogens (tertiary/aromatic N) is 6. The van der Waals surface area contributed by atoms with E-state index >= 15 is 0 Å². The number of imide groups is 1. The number of urea groups is 1. The van der Waals surface area contributed by atoms with E-state index in [9.17, 15) is 18.8 Å². The Labute approximate surface area is 248 Å². The van der Waals surface area contributed by atoms with Gasteiger partial charge in [-0.25, -0.2) is 14.0 Å². The summed E-state index contributed by atoms with van der Waals surface area (Å²) in [6.07, 6.45) is 1.43. The van der Waals surface area contributed by atoms with E-state index in [1.165, 1.54) is 28.6 Å². The number of ether oxygens (including phenoxy) is 1. The summed E-state index contributed by atoms with van der Waals surface area (Å²) in [6, 6.07) is 13.8. The molecule has 3 aliphatic rings. The molecule has 0 bridgehead atoms. The van der Waals surface area contributed by atoms with Crippen LogP contribution in [0, 0.1) is 5.82 Å². The number of halogens is 1. The predicted molar refractivity (Wildman–Crippen MR) is 158 cm³/mol. The van der Waals surface area contributed by atoms with Gasteiger partial charge in [-0.3, -0.25) is 14.6 Å². The second-order valence-electron chi connectivity index (χ2n) is 11.0. The summed E-state index contributed by atoms with van der Waals surface area (Å²) in [7, 11) is 0. The first-order valence-electron chi connectivity index (χ1n) is 14.5. The average molecular weight is 595 g/mol. The number of rotatable bonds is 8. The van der Waals surface area contributed by atoms with Crippen LogP contribution in [-0.2, 0) is 16.1 Å². The number of carbonyl (C=O) groups excluding carboxylic acids is 3. The maximum atomic E-state index is 13.5. The van der Waals surface area contributed by atoms with Crippen molar-refractivity contribution in [2.45, 2.75) is 31.9 Å². The Kier molecular flexibility index (Phi) is 8.52. The van der Waals surface area contributed by atoms with E-state index in [0.29, 0.717) is 26.2 Å². The highest BCUT2D eigenvalue weighted by molar-refractivity contribution is 7.13. The highest BCUT2D eigenvalue weighted by Gasteiger charge is 2.42. The Balaban J connectivity index is 0.917. The lowest BCUT2D eigenvalue weighted by molar-refractivity contribution is -0.133. The molecule has 12 heteroatoms. The molecule has 3 aromatic rings. The van der Waals surface area contributed by atoms with E-state index in [2.05, 4.69) is 14.2 Å². The van der Waals surface area contributed by atoms with Crippen LogP contribution in [0.3, 0.4) is 0 Å². The molecule has 0 radical (unpaired) electrons. The van der Waals surface area contributed by atoms with Crippen LogP contribution >= 0.6 is 11.5 Å². The first kappa shape index (κ1) is 28.4. The molecule has 4 amide bonds. The van der Waals surface area contributed by atoms with E-state index < -0.39 is 6.09 Å². The lowest BCUT2D eigenvalue weighted by atomic mass is 10.0. The molecule has 4 heterocycles. The van der Waals surface area contributed by atoms with E-state index in [1.807, 2.05) is 36.4 Å². The Morgan fingerprint density at radius 2 is 1.76 bits per heavy atom. The molecular formula is C30H35FN6O4S. The van der Waals surface area contributed by atoms with Crippen molar-refractivity contribution in [3.8, 4) is 0 Å². The Morgan fingerprint density at radius 3 is 2.57 bits per heavy atom. The summed E-state index contributed by atoms with van der Waals surface area (Å²) in [5, 5.41) is 0.998. The van der Waals surface area contributed by atoms with Crippen LogP contribution in [-0.4, -0.2) is 107 Å². The topological polar surface area (TPSA) is 89.5 Å². The van der Waals surface area contributed by atoms with Gasteiger partial charge in [0.05, 0.1) is 10.7 Å². The summed E-state index contributed by atoms with van der Waals surface area (Å²) in [5.41, 5.74) is 0.911. The molecule has 0 N–H and O–H groups in total. The molecule has 0 saturated carbocycles. The third-order valence-corrected chi connectivity index (χ3v) is 9.13. The van der Waals surface area contributed by atoms with Gasteiger partial charge in [0.1, 0.15) is 18.2 Å². The van der Waals surface area contributed by atoms with Gasteiger partial charge >= 0.3 is 12.1 Å². The van der Waals surface area contributed by atoms with Crippen molar-refractivity contribution in [1.29, 1.82) is 0 Å². The number of carbonyl (C=O) groups is 3. The Bertz CT molecular complexity index is 1430. The van der Waals surface area contributed by atoms with Crippen molar-refractivity contribution < 1.29 is 23.5 Å². The number of fused-ring (bicyclic) bond motifs is 2. The highest BCUT2D eigenvalue weighted by atomic mass is 32.1. The number of piperazine rings is 2. The minimum atomic E-state index is -0.419. The maximum absolute atomic E-state index is 13.5. The van der Waals surface area contributed by atoms with Crippen molar-refractivity contribution in [3.05, 3.63) is 59.9 Å². The minimum absolute atomic E-state index is 0.176. The summed E-state index contributed by atoms with van der Waals surface area (Å²) >= 11 is 1.33. The van der Waals surface area contributed by atoms with Crippen molar-refractivity contribution in [1.82, 2.24) is 24.0 Å². The van der Waals surface area contributed by atoms with Crippen molar-refractivity contribution in [3.63, 3.8) is 0 Å². The number of benzene rings is 2. The van der Waals surface area contributed by atoms with E-state index in [-0.39, 0.29) is 36.8 Å². The second-order valence-corrected chi connectivity index (χ2v) is 11.9. The number of amides is 4. The minimum Gasteiger partial charge on any atom is -0.445 e. The molecule has 42 heavy (non-hydrogen) atoms. The lowest BCUT2D eigenvalue weighted by Gasteiger charge is -2.45. The zero-order chi connectivity index (χ0) is 29.1. The average Bonchev–Trinajstić information content (AvgIpc) is 3.43. The van der Waals surface area contributed by atoms with Gasteiger partial charge in [-0.15, -0.1) is 0 Å². The van der Waals surface area contributed by atoms with Crippen LogP contribution in [0.15, 0.2) is 48.5 Å². The molecule has 0 spiro atoms. The van der Waals surface area contributed by atoms with Crippen LogP contribution < -0.4 is 4.90 Å². The molecule has 0 unspecified atom stereocenters. The third-order valence-electron chi connectivity index (χ3n) is 8.33. The summed E-state index contributed by atoms with van der Waals surface area (Å²) in [5.74, 6) is 0.513. The normalized spacial score (nSPS) is 19.9. The fourth-order valence-electron chi connectivity index (χ4n) is 5.97. The van der Waals surface area contributed by atoms with Gasteiger partial charge in [-0.2, -0.15) is 4.37 Å². The van der Waals surface area contributed by atoms with Crippen LogP contribution in [0.25, 0.3) is 10.1 Å². The Morgan fingerprint density at radius 1 is 0.976 bits per heavy atom. The largest absolute Gasteiger partial charge is 0.445 e. The maximum Gasteiger partial charge on any atom is 0.410 e. The smallest absolute Gasteiger partial charge is 0.410 e. The van der Waals surface area contributed by atoms with Crippen LogP contribution in [0.2, 0.25) is 0 Å². The summed E-state index contributed by atoms with van der Waals surface area (Å²) in [4.78, 5) is 48.0. The zero-order valence-corrected chi connectivity index (χ0v) is 24.3. The molecule has 6 rings (SSSR count). The van der Waals surface area contributed by atoms with E-state index in [4.69, 9.17) is 4.74 Å². The van der Waals surface area contributed by atoms with Gasteiger partial charge in [0.2, 0.25) is 5.91 Å². The van der Waals surface area contributed by atoms with Crippen LogP contribution in [0.1, 0.15) is 24.8 Å². The standard InChI is InChI=1S/C30H35FN6O4S/c31-23-8-9-25-26(18-23)42-32-28(25)34-14-12-33(13-15-34)10-4-5-11-37-27(38)19-24-20-35(16-17-36(24)29(37)39)30(40)41-21-22-6-2-1-3-7-22/h1-3,6-9,18,24H,4-5,10-17,19-21H2/t24-/m1/s1.